The highest BCUT2D eigenvalue weighted by Gasteiger charge is 2.03. The molecule has 0 aromatic heterocycles. The standard InChI is InChI=1S/C14H11FO3/c1-17-12-3-2-4-13(8-12)18-14-6-10(9-16)5-11(15)7-14/h2-9H,1H3. The normalized spacial score (nSPS) is 9.89. The van der Waals surface area contributed by atoms with Crippen molar-refractivity contribution in [3.05, 3.63) is 53.8 Å². The van der Waals surface area contributed by atoms with Crippen LogP contribution in [-0.4, -0.2) is 13.4 Å². The van der Waals surface area contributed by atoms with Crippen molar-refractivity contribution < 1.29 is 18.7 Å². The molecule has 0 fully saturated rings. The number of ether oxygens (including phenoxy) is 2. The van der Waals surface area contributed by atoms with Crippen molar-refractivity contribution in [2.75, 3.05) is 7.11 Å². The Balaban J connectivity index is 2.27. The van der Waals surface area contributed by atoms with Crippen LogP contribution in [-0.2, 0) is 0 Å². The molecule has 0 heterocycles. The van der Waals surface area contributed by atoms with Gasteiger partial charge in [-0.2, -0.15) is 0 Å². The number of hydrogen-bond donors (Lipinski definition) is 0. The number of benzene rings is 2. The van der Waals surface area contributed by atoms with E-state index in [9.17, 15) is 9.18 Å². The molecule has 0 saturated carbocycles. The average molecular weight is 246 g/mol. The van der Waals surface area contributed by atoms with Gasteiger partial charge in [0.2, 0.25) is 0 Å². The van der Waals surface area contributed by atoms with Crippen molar-refractivity contribution in [1.82, 2.24) is 0 Å². The predicted molar refractivity (Wildman–Crippen MR) is 64.9 cm³/mol. The van der Waals surface area contributed by atoms with Crippen LogP contribution >= 0.6 is 0 Å². The zero-order chi connectivity index (χ0) is 13.0. The van der Waals surface area contributed by atoms with Crippen LogP contribution in [0.2, 0.25) is 0 Å². The van der Waals surface area contributed by atoms with Gasteiger partial charge in [-0.25, -0.2) is 4.39 Å². The maximum atomic E-state index is 13.2. The molecule has 0 atom stereocenters. The lowest BCUT2D eigenvalue weighted by Crippen LogP contribution is -1.90. The summed E-state index contributed by atoms with van der Waals surface area (Å²) in [5, 5.41) is 0. The summed E-state index contributed by atoms with van der Waals surface area (Å²) in [4.78, 5) is 10.6. The lowest BCUT2D eigenvalue weighted by molar-refractivity contribution is 0.112. The number of halogens is 1. The highest BCUT2D eigenvalue weighted by atomic mass is 19.1. The lowest BCUT2D eigenvalue weighted by atomic mass is 10.2. The minimum atomic E-state index is -0.516. The molecule has 0 bridgehead atoms. The highest BCUT2D eigenvalue weighted by molar-refractivity contribution is 5.75. The number of hydrogen-bond acceptors (Lipinski definition) is 3. The van der Waals surface area contributed by atoms with Crippen LogP contribution in [0.3, 0.4) is 0 Å². The van der Waals surface area contributed by atoms with Gasteiger partial charge in [0.15, 0.2) is 0 Å². The molecule has 92 valence electrons. The molecule has 0 aliphatic heterocycles. The van der Waals surface area contributed by atoms with Crippen LogP contribution in [0.1, 0.15) is 10.4 Å². The average Bonchev–Trinajstić information content (AvgIpc) is 2.38. The minimum absolute atomic E-state index is 0.230. The van der Waals surface area contributed by atoms with Crippen LogP contribution in [0, 0.1) is 5.82 Å². The van der Waals surface area contributed by atoms with E-state index in [1.54, 1.807) is 31.4 Å². The lowest BCUT2D eigenvalue weighted by Gasteiger charge is -2.07. The third kappa shape index (κ3) is 2.85. The van der Waals surface area contributed by atoms with Crippen LogP contribution in [0.4, 0.5) is 4.39 Å². The first kappa shape index (κ1) is 12.1. The Morgan fingerprint density at radius 1 is 1.06 bits per heavy atom. The van der Waals surface area contributed by atoms with Gasteiger partial charge < -0.3 is 9.47 Å². The summed E-state index contributed by atoms with van der Waals surface area (Å²) in [6.45, 7) is 0. The molecule has 0 unspecified atom stereocenters. The third-order valence-electron chi connectivity index (χ3n) is 2.31. The molecule has 0 radical (unpaired) electrons. The van der Waals surface area contributed by atoms with E-state index < -0.39 is 5.82 Å². The third-order valence-corrected chi connectivity index (χ3v) is 2.31. The van der Waals surface area contributed by atoms with Gasteiger partial charge in [0.25, 0.3) is 0 Å². The van der Waals surface area contributed by atoms with E-state index in [0.29, 0.717) is 17.8 Å². The summed E-state index contributed by atoms with van der Waals surface area (Å²) in [6, 6.07) is 10.7. The minimum Gasteiger partial charge on any atom is -0.497 e. The molecule has 0 saturated heterocycles. The monoisotopic (exact) mass is 246 g/mol. The van der Waals surface area contributed by atoms with E-state index in [1.807, 2.05) is 0 Å². The van der Waals surface area contributed by atoms with Crippen molar-refractivity contribution in [3.63, 3.8) is 0 Å². The second kappa shape index (κ2) is 5.31. The summed E-state index contributed by atoms with van der Waals surface area (Å²) in [5.74, 6) is 0.902. The van der Waals surface area contributed by atoms with E-state index in [0.717, 1.165) is 6.07 Å². The zero-order valence-electron chi connectivity index (χ0n) is 9.72. The van der Waals surface area contributed by atoms with Crippen LogP contribution < -0.4 is 9.47 Å². The van der Waals surface area contributed by atoms with Gasteiger partial charge in [0.05, 0.1) is 7.11 Å². The van der Waals surface area contributed by atoms with Crippen LogP contribution in [0.15, 0.2) is 42.5 Å². The van der Waals surface area contributed by atoms with Gasteiger partial charge in [0.1, 0.15) is 29.4 Å². The number of methoxy groups -OCH3 is 1. The van der Waals surface area contributed by atoms with E-state index in [2.05, 4.69) is 0 Å². The van der Waals surface area contributed by atoms with Gasteiger partial charge in [-0.1, -0.05) is 6.07 Å². The van der Waals surface area contributed by atoms with Gasteiger partial charge in [-0.3, -0.25) is 4.79 Å². The summed E-state index contributed by atoms with van der Waals surface area (Å²) in [6.07, 6.45) is 0.571. The number of aldehydes is 1. The quantitative estimate of drug-likeness (QED) is 0.775. The van der Waals surface area contributed by atoms with Crippen molar-refractivity contribution in [2.24, 2.45) is 0 Å². The summed E-state index contributed by atoms with van der Waals surface area (Å²) >= 11 is 0. The SMILES string of the molecule is COc1cccc(Oc2cc(F)cc(C=O)c2)c1. The van der Waals surface area contributed by atoms with E-state index >= 15 is 0 Å². The summed E-state index contributed by atoms with van der Waals surface area (Å²) in [5.41, 5.74) is 0.230. The fraction of sp³-hybridized carbons (Fsp3) is 0.0714. The predicted octanol–water partition coefficient (Wildman–Crippen LogP) is 3.44. The highest BCUT2D eigenvalue weighted by Crippen LogP contribution is 2.26. The molecule has 0 amide bonds. The Bertz CT molecular complexity index is 567. The van der Waals surface area contributed by atoms with Gasteiger partial charge in [0, 0.05) is 17.7 Å². The number of carbonyl (C=O) groups is 1. The molecule has 2 aromatic rings. The molecule has 2 rings (SSSR count). The van der Waals surface area contributed by atoms with Crippen LogP contribution in [0.25, 0.3) is 0 Å². The zero-order valence-corrected chi connectivity index (χ0v) is 9.72. The number of rotatable bonds is 4. The van der Waals surface area contributed by atoms with E-state index in [-0.39, 0.29) is 11.3 Å². The van der Waals surface area contributed by atoms with Crippen molar-refractivity contribution in [3.8, 4) is 17.2 Å². The van der Waals surface area contributed by atoms with Crippen molar-refractivity contribution >= 4 is 6.29 Å². The topological polar surface area (TPSA) is 35.5 Å². The molecular weight excluding hydrogens is 235 g/mol. The van der Waals surface area contributed by atoms with Gasteiger partial charge in [-0.05, 0) is 24.3 Å². The molecule has 2 aromatic carbocycles. The first-order valence-corrected chi connectivity index (χ1v) is 5.29. The molecule has 0 aliphatic carbocycles. The summed E-state index contributed by atoms with van der Waals surface area (Å²) < 4.78 is 23.7. The molecule has 3 nitrogen and oxygen atoms in total. The Hall–Kier alpha value is -2.36. The van der Waals surface area contributed by atoms with Gasteiger partial charge >= 0.3 is 0 Å². The fourth-order valence-corrected chi connectivity index (χ4v) is 1.51. The van der Waals surface area contributed by atoms with Crippen molar-refractivity contribution in [2.45, 2.75) is 0 Å². The summed E-state index contributed by atoms with van der Waals surface area (Å²) in [7, 11) is 1.55. The Labute approximate surface area is 104 Å². The van der Waals surface area contributed by atoms with Crippen molar-refractivity contribution in [1.29, 1.82) is 0 Å². The molecular formula is C14H11FO3. The van der Waals surface area contributed by atoms with Crippen LogP contribution in [0.5, 0.6) is 17.2 Å². The second-order valence-electron chi connectivity index (χ2n) is 3.62. The number of carbonyl (C=O) groups excluding carboxylic acids is 1. The first-order valence-electron chi connectivity index (χ1n) is 5.29. The smallest absolute Gasteiger partial charge is 0.150 e. The molecule has 18 heavy (non-hydrogen) atoms. The maximum Gasteiger partial charge on any atom is 0.150 e. The second-order valence-corrected chi connectivity index (χ2v) is 3.62. The molecule has 0 aliphatic rings. The molecule has 4 heteroatoms. The molecule has 0 spiro atoms. The Morgan fingerprint density at radius 2 is 1.83 bits per heavy atom. The fourth-order valence-electron chi connectivity index (χ4n) is 1.51. The first-order chi connectivity index (χ1) is 8.71. The Kier molecular flexibility index (Phi) is 3.57. The molecule has 0 N–H and O–H groups in total. The van der Waals surface area contributed by atoms with E-state index in [1.165, 1.54) is 12.1 Å². The maximum absolute atomic E-state index is 13.2. The van der Waals surface area contributed by atoms with E-state index in [4.69, 9.17) is 9.47 Å². The largest absolute Gasteiger partial charge is 0.497 e. The Morgan fingerprint density at radius 3 is 2.56 bits per heavy atom. The van der Waals surface area contributed by atoms with Gasteiger partial charge in [-0.15, -0.1) is 0 Å².